The Kier molecular flexibility index (Phi) is 3.55. The van der Waals surface area contributed by atoms with E-state index in [1.807, 2.05) is 12.1 Å². The number of nitrogens with zero attached hydrogens (tertiary/aromatic N) is 1. The molecule has 3 N–H and O–H groups in total. The molecular weight excluding hydrogens is 162 g/mol. The Bertz CT molecular complexity index is 243. The molecule has 0 saturated heterocycles. The maximum atomic E-state index is 5.52. The van der Waals surface area contributed by atoms with E-state index in [-0.39, 0.29) is 0 Å². The van der Waals surface area contributed by atoms with Crippen molar-refractivity contribution in [3.05, 3.63) is 18.3 Å². The molecule has 0 radical (unpaired) electrons. The van der Waals surface area contributed by atoms with Gasteiger partial charge in [0.25, 0.3) is 0 Å². The van der Waals surface area contributed by atoms with Gasteiger partial charge in [-0.15, -0.1) is 0 Å². The van der Waals surface area contributed by atoms with Gasteiger partial charge in [0.1, 0.15) is 5.82 Å². The molecule has 0 fully saturated rings. The average molecular weight is 179 g/mol. The Morgan fingerprint density at radius 3 is 2.85 bits per heavy atom. The third-order valence-corrected chi connectivity index (χ3v) is 2.11. The van der Waals surface area contributed by atoms with E-state index < -0.39 is 0 Å². The Labute approximate surface area is 79.4 Å². The van der Waals surface area contributed by atoms with Gasteiger partial charge in [-0.25, -0.2) is 4.98 Å². The Hall–Kier alpha value is -1.25. The van der Waals surface area contributed by atoms with Gasteiger partial charge in [0.05, 0.1) is 11.9 Å². The molecular formula is C10H17N3. The lowest BCUT2D eigenvalue weighted by molar-refractivity contribution is 0.592. The first-order valence-corrected chi connectivity index (χ1v) is 4.67. The van der Waals surface area contributed by atoms with E-state index in [0.717, 1.165) is 12.4 Å². The van der Waals surface area contributed by atoms with Crippen molar-refractivity contribution in [3.8, 4) is 0 Å². The maximum absolute atomic E-state index is 5.52. The van der Waals surface area contributed by atoms with Crippen molar-refractivity contribution in [1.29, 1.82) is 0 Å². The lowest BCUT2D eigenvalue weighted by Crippen LogP contribution is -2.11. The number of nitrogens with one attached hydrogen (secondary N) is 1. The second kappa shape index (κ2) is 4.70. The van der Waals surface area contributed by atoms with E-state index in [2.05, 4.69) is 24.1 Å². The summed E-state index contributed by atoms with van der Waals surface area (Å²) in [5, 5.41) is 3.26. The zero-order valence-corrected chi connectivity index (χ0v) is 8.25. The van der Waals surface area contributed by atoms with Crippen LogP contribution in [0.1, 0.15) is 20.3 Å². The van der Waals surface area contributed by atoms with Crippen LogP contribution in [0.2, 0.25) is 0 Å². The van der Waals surface area contributed by atoms with Crippen LogP contribution in [0.25, 0.3) is 0 Å². The van der Waals surface area contributed by atoms with Crippen LogP contribution in [-0.4, -0.2) is 11.5 Å². The number of nitrogen functional groups attached to an aromatic ring is 1. The molecule has 0 aliphatic rings. The van der Waals surface area contributed by atoms with Gasteiger partial charge in [0.15, 0.2) is 0 Å². The van der Waals surface area contributed by atoms with Crippen LogP contribution in [0.3, 0.4) is 0 Å². The molecule has 0 saturated carbocycles. The van der Waals surface area contributed by atoms with Crippen molar-refractivity contribution >= 4 is 11.5 Å². The summed E-state index contributed by atoms with van der Waals surface area (Å²) < 4.78 is 0. The number of aromatic nitrogens is 1. The van der Waals surface area contributed by atoms with Crippen molar-refractivity contribution in [3.63, 3.8) is 0 Å². The van der Waals surface area contributed by atoms with Gasteiger partial charge in [-0.05, 0) is 18.1 Å². The van der Waals surface area contributed by atoms with Crippen LogP contribution in [0, 0.1) is 5.92 Å². The Balaban J connectivity index is 2.41. The highest BCUT2D eigenvalue weighted by molar-refractivity contribution is 5.43. The number of nitrogens with two attached hydrogens (primary N) is 1. The number of pyridine rings is 1. The number of anilines is 2. The van der Waals surface area contributed by atoms with Crippen LogP contribution in [0.5, 0.6) is 0 Å². The Morgan fingerprint density at radius 1 is 1.54 bits per heavy atom. The smallest absolute Gasteiger partial charge is 0.126 e. The minimum atomic E-state index is 0.680. The first-order chi connectivity index (χ1) is 6.22. The van der Waals surface area contributed by atoms with Gasteiger partial charge in [0.2, 0.25) is 0 Å². The first kappa shape index (κ1) is 9.84. The van der Waals surface area contributed by atoms with Crippen molar-refractivity contribution in [2.45, 2.75) is 20.3 Å². The van der Waals surface area contributed by atoms with Gasteiger partial charge in [-0.1, -0.05) is 20.3 Å². The molecule has 0 spiro atoms. The molecule has 3 heteroatoms. The Morgan fingerprint density at radius 2 is 2.31 bits per heavy atom. The molecule has 0 aliphatic heterocycles. The molecule has 13 heavy (non-hydrogen) atoms. The summed E-state index contributed by atoms with van der Waals surface area (Å²) in [6.45, 7) is 5.36. The third kappa shape index (κ3) is 3.32. The second-order valence-corrected chi connectivity index (χ2v) is 3.37. The summed E-state index contributed by atoms with van der Waals surface area (Å²) >= 11 is 0. The minimum absolute atomic E-state index is 0.680. The highest BCUT2D eigenvalue weighted by atomic mass is 15.0. The van der Waals surface area contributed by atoms with Crippen LogP contribution in [0.15, 0.2) is 18.3 Å². The molecule has 0 bridgehead atoms. The summed E-state index contributed by atoms with van der Waals surface area (Å²) in [6, 6.07) is 3.75. The number of rotatable bonds is 4. The fourth-order valence-corrected chi connectivity index (χ4v) is 0.933. The van der Waals surface area contributed by atoms with E-state index in [1.165, 1.54) is 6.42 Å². The number of hydrogen-bond acceptors (Lipinski definition) is 3. The lowest BCUT2D eigenvalue weighted by Gasteiger charge is -2.10. The molecule has 1 aromatic rings. The van der Waals surface area contributed by atoms with Crippen LogP contribution >= 0.6 is 0 Å². The molecule has 1 rings (SSSR count). The monoisotopic (exact) mass is 179 g/mol. The molecule has 0 aromatic carbocycles. The van der Waals surface area contributed by atoms with Gasteiger partial charge in [0, 0.05) is 6.54 Å². The van der Waals surface area contributed by atoms with E-state index in [4.69, 9.17) is 5.73 Å². The fraction of sp³-hybridized carbons (Fsp3) is 0.500. The van der Waals surface area contributed by atoms with Crippen LogP contribution in [-0.2, 0) is 0 Å². The lowest BCUT2D eigenvalue weighted by atomic mass is 10.1. The summed E-state index contributed by atoms with van der Waals surface area (Å²) in [5.41, 5.74) is 6.22. The topological polar surface area (TPSA) is 50.9 Å². The highest BCUT2D eigenvalue weighted by Crippen LogP contribution is 2.07. The molecule has 0 amide bonds. The average Bonchev–Trinajstić information content (AvgIpc) is 2.16. The summed E-state index contributed by atoms with van der Waals surface area (Å²) in [5.74, 6) is 1.58. The minimum Gasteiger partial charge on any atom is -0.397 e. The summed E-state index contributed by atoms with van der Waals surface area (Å²) in [6.07, 6.45) is 2.85. The number of hydrogen-bond donors (Lipinski definition) is 2. The van der Waals surface area contributed by atoms with Crippen LogP contribution in [0.4, 0.5) is 11.5 Å². The van der Waals surface area contributed by atoms with Crippen molar-refractivity contribution < 1.29 is 0 Å². The first-order valence-electron chi connectivity index (χ1n) is 4.67. The van der Waals surface area contributed by atoms with Gasteiger partial charge >= 0.3 is 0 Å². The molecule has 72 valence electrons. The normalized spacial score (nSPS) is 12.5. The standard InChI is InChI=1S/C10H17N3/c1-3-8(2)6-12-10-5-4-9(11)7-13-10/h4-5,7-8H,3,6,11H2,1-2H3,(H,12,13). The zero-order valence-electron chi connectivity index (χ0n) is 8.25. The fourth-order valence-electron chi connectivity index (χ4n) is 0.933. The van der Waals surface area contributed by atoms with Gasteiger partial charge < -0.3 is 11.1 Å². The van der Waals surface area contributed by atoms with E-state index >= 15 is 0 Å². The predicted octanol–water partition coefficient (Wildman–Crippen LogP) is 2.12. The second-order valence-electron chi connectivity index (χ2n) is 3.37. The molecule has 1 heterocycles. The van der Waals surface area contributed by atoms with Crippen LogP contribution < -0.4 is 11.1 Å². The van der Waals surface area contributed by atoms with E-state index in [0.29, 0.717) is 11.6 Å². The third-order valence-electron chi connectivity index (χ3n) is 2.11. The molecule has 1 atom stereocenters. The predicted molar refractivity (Wildman–Crippen MR) is 56.6 cm³/mol. The summed E-state index contributed by atoms with van der Waals surface area (Å²) in [4.78, 5) is 4.15. The largest absolute Gasteiger partial charge is 0.397 e. The molecule has 0 aliphatic carbocycles. The maximum Gasteiger partial charge on any atom is 0.126 e. The molecule has 3 nitrogen and oxygen atoms in total. The van der Waals surface area contributed by atoms with Gasteiger partial charge in [-0.3, -0.25) is 0 Å². The molecule has 1 aromatic heterocycles. The highest BCUT2D eigenvalue weighted by Gasteiger charge is 1.98. The van der Waals surface area contributed by atoms with Crippen molar-refractivity contribution in [2.75, 3.05) is 17.6 Å². The van der Waals surface area contributed by atoms with Crippen molar-refractivity contribution in [1.82, 2.24) is 4.98 Å². The van der Waals surface area contributed by atoms with E-state index in [9.17, 15) is 0 Å². The van der Waals surface area contributed by atoms with Crippen molar-refractivity contribution in [2.24, 2.45) is 5.92 Å². The van der Waals surface area contributed by atoms with Gasteiger partial charge in [-0.2, -0.15) is 0 Å². The zero-order chi connectivity index (χ0) is 9.68. The summed E-state index contributed by atoms with van der Waals surface area (Å²) in [7, 11) is 0. The molecule has 1 unspecified atom stereocenters. The van der Waals surface area contributed by atoms with E-state index in [1.54, 1.807) is 6.20 Å². The SMILES string of the molecule is CCC(C)CNc1ccc(N)cn1. The quantitative estimate of drug-likeness (QED) is 0.744.